The van der Waals surface area contributed by atoms with Gasteiger partial charge in [0.25, 0.3) is 5.69 Å². The molecule has 7 heteroatoms. The lowest BCUT2D eigenvalue weighted by Crippen LogP contribution is -1.97. The molecule has 0 fully saturated rings. The lowest BCUT2D eigenvalue weighted by Gasteiger charge is -2.03. The van der Waals surface area contributed by atoms with Gasteiger partial charge >= 0.3 is 0 Å². The predicted octanol–water partition coefficient (Wildman–Crippen LogP) is 3.10. The summed E-state index contributed by atoms with van der Waals surface area (Å²) in [6, 6.07) is 15.8. The van der Waals surface area contributed by atoms with Gasteiger partial charge < -0.3 is 5.21 Å². The zero-order valence-corrected chi connectivity index (χ0v) is 11.6. The van der Waals surface area contributed by atoms with Gasteiger partial charge in [0.2, 0.25) is 0 Å². The van der Waals surface area contributed by atoms with E-state index in [4.69, 9.17) is 21.0 Å². The van der Waals surface area contributed by atoms with Crippen LogP contribution in [0.5, 0.6) is 0 Å². The molecule has 0 aliphatic rings. The summed E-state index contributed by atoms with van der Waals surface area (Å²) in [6.07, 6.45) is 0. The average molecular weight is 298 g/mol. The van der Waals surface area contributed by atoms with E-state index in [9.17, 15) is 5.21 Å². The molecule has 0 aliphatic carbocycles. The average Bonchev–Trinajstić information content (AvgIpc) is 2.60. The van der Waals surface area contributed by atoms with Crippen LogP contribution in [0.15, 0.2) is 41.5 Å². The van der Waals surface area contributed by atoms with Crippen molar-refractivity contribution in [2.24, 2.45) is 5.11 Å². The molecule has 0 spiro atoms. The van der Waals surface area contributed by atoms with Gasteiger partial charge in [-0.05, 0) is 23.1 Å². The van der Waals surface area contributed by atoms with Gasteiger partial charge in [-0.25, -0.2) is 0 Å². The van der Waals surface area contributed by atoms with E-state index >= 15 is 0 Å². The van der Waals surface area contributed by atoms with E-state index in [0.29, 0.717) is 0 Å². The number of hydrogen-bond acceptors (Lipinski definition) is 6. The number of benzene rings is 2. The second-order valence-electron chi connectivity index (χ2n) is 4.22. The number of rotatable bonds is 2. The van der Waals surface area contributed by atoms with Crippen LogP contribution >= 0.6 is 0 Å². The van der Waals surface area contributed by atoms with E-state index in [2.05, 4.69) is 5.11 Å². The first-order valence-electron chi connectivity index (χ1n) is 6.21. The van der Waals surface area contributed by atoms with Crippen molar-refractivity contribution in [2.45, 2.75) is 0 Å². The van der Waals surface area contributed by atoms with Crippen molar-refractivity contribution in [3.63, 3.8) is 0 Å². The Morgan fingerprint density at radius 3 is 1.91 bits per heavy atom. The molecule has 0 bridgehead atoms. The molecular weight excluding hydrogens is 292 g/mol. The van der Waals surface area contributed by atoms with Crippen molar-refractivity contribution >= 4 is 11.4 Å². The third-order valence-electron chi connectivity index (χ3n) is 2.95. The summed E-state index contributed by atoms with van der Waals surface area (Å²) in [5.41, 5.74) is -0.110. The molecule has 2 aromatic carbocycles. The van der Waals surface area contributed by atoms with E-state index in [1.165, 1.54) is 36.4 Å². The molecule has 2 aromatic rings. The number of azo groups is 1. The molecule has 0 radical (unpaired) electrons. The lowest BCUT2D eigenvalue weighted by atomic mass is 10.1. The number of nitrogens with zero attached hydrogens (tertiary/aromatic N) is 6. The first kappa shape index (κ1) is 15.2. The van der Waals surface area contributed by atoms with Gasteiger partial charge in [0.05, 0.1) is 11.1 Å². The van der Waals surface area contributed by atoms with E-state index in [0.717, 1.165) is 0 Å². The predicted molar refractivity (Wildman–Crippen MR) is 77.1 cm³/mol. The Labute approximate surface area is 131 Å². The topological polar surface area (TPSA) is 134 Å². The molecule has 0 saturated carbocycles. The Kier molecular flexibility index (Phi) is 4.29. The molecule has 0 heterocycles. The lowest BCUT2D eigenvalue weighted by molar-refractivity contribution is -0.435. The highest BCUT2D eigenvalue weighted by atomic mass is 16.5. The number of hydrogen-bond donors (Lipinski definition) is 0. The van der Waals surface area contributed by atoms with Crippen molar-refractivity contribution in [2.75, 3.05) is 0 Å². The van der Waals surface area contributed by atoms with Crippen LogP contribution in [0, 0.1) is 50.5 Å². The maximum Gasteiger partial charge on any atom is 0.263 e. The molecule has 7 nitrogen and oxygen atoms in total. The van der Waals surface area contributed by atoms with Gasteiger partial charge in [-0.2, -0.15) is 21.0 Å². The van der Waals surface area contributed by atoms with Crippen molar-refractivity contribution in [1.82, 2.24) is 0 Å². The molecule has 0 N–H and O–H groups in total. The maximum absolute atomic E-state index is 12.2. The fraction of sp³-hybridized carbons (Fsp3) is 0. The molecule has 0 aromatic heterocycles. The van der Waals surface area contributed by atoms with Crippen molar-refractivity contribution in [3.05, 3.63) is 63.9 Å². The Balaban J connectivity index is 2.65. The van der Waals surface area contributed by atoms with E-state index in [1.54, 1.807) is 6.07 Å². The van der Waals surface area contributed by atoms with Gasteiger partial charge in [0.15, 0.2) is 5.69 Å². The summed E-state index contributed by atoms with van der Waals surface area (Å²) in [6.45, 7) is 0. The minimum atomic E-state index is -0.113. The highest BCUT2D eigenvalue weighted by molar-refractivity contribution is 5.61. The largest absolute Gasteiger partial charge is 0.594 e. The summed E-state index contributed by atoms with van der Waals surface area (Å²) in [4.78, 5) is 0.163. The third-order valence-corrected chi connectivity index (χ3v) is 2.95. The molecule has 0 aliphatic heterocycles. The number of nitriles is 4. The Bertz CT molecular complexity index is 980. The Morgan fingerprint density at radius 2 is 1.35 bits per heavy atom. The van der Waals surface area contributed by atoms with E-state index < -0.39 is 0 Å². The van der Waals surface area contributed by atoms with Crippen molar-refractivity contribution < 1.29 is 4.86 Å². The van der Waals surface area contributed by atoms with Crippen molar-refractivity contribution in [3.8, 4) is 24.3 Å². The molecule has 2 rings (SSSR count). The summed E-state index contributed by atoms with van der Waals surface area (Å²) in [7, 11) is 0. The van der Waals surface area contributed by atoms with Crippen LogP contribution in [0.4, 0.5) is 11.4 Å². The van der Waals surface area contributed by atoms with Gasteiger partial charge in [0, 0.05) is 11.2 Å². The Hall–Kier alpha value is -4.20. The summed E-state index contributed by atoms with van der Waals surface area (Å²) < 4.78 is 0. The van der Waals surface area contributed by atoms with Gasteiger partial charge in [-0.15, -0.1) is 0 Å². The molecule has 0 saturated heterocycles. The molecule has 106 valence electrons. The first-order chi connectivity index (χ1) is 11.2. The standard InChI is InChI=1S/C16H6N6O/c17-7-11-3-1-5-15(13(11)9-19)21-22(23)16-6-2-4-12(8-18)14(16)10-20/h1-6H. The zero-order valence-electron chi connectivity index (χ0n) is 11.6. The van der Waals surface area contributed by atoms with E-state index in [1.807, 2.05) is 18.2 Å². The van der Waals surface area contributed by atoms with Crippen LogP contribution in [-0.2, 0) is 0 Å². The summed E-state index contributed by atoms with van der Waals surface area (Å²) in [5.74, 6) is 0. The zero-order chi connectivity index (χ0) is 16.8. The monoisotopic (exact) mass is 298 g/mol. The molecule has 23 heavy (non-hydrogen) atoms. The fourth-order valence-electron chi connectivity index (χ4n) is 1.90. The minimum absolute atomic E-state index is 0.00722. The Morgan fingerprint density at radius 1 is 0.783 bits per heavy atom. The molecule has 0 atom stereocenters. The van der Waals surface area contributed by atoms with Crippen LogP contribution in [0.2, 0.25) is 0 Å². The van der Waals surface area contributed by atoms with Crippen LogP contribution in [0.1, 0.15) is 22.3 Å². The highest BCUT2D eigenvalue weighted by Crippen LogP contribution is 2.26. The van der Waals surface area contributed by atoms with Gasteiger partial charge in [-0.3, -0.25) is 0 Å². The van der Waals surface area contributed by atoms with Gasteiger partial charge in [-0.1, -0.05) is 12.1 Å². The fourth-order valence-corrected chi connectivity index (χ4v) is 1.90. The quantitative estimate of drug-likeness (QED) is 0.477. The summed E-state index contributed by atoms with van der Waals surface area (Å²) in [5, 5.41) is 52.1. The van der Waals surface area contributed by atoms with Crippen molar-refractivity contribution in [1.29, 1.82) is 21.0 Å². The van der Waals surface area contributed by atoms with Crippen LogP contribution in [-0.4, -0.2) is 4.86 Å². The minimum Gasteiger partial charge on any atom is -0.594 e. The highest BCUT2D eigenvalue weighted by Gasteiger charge is 2.17. The maximum atomic E-state index is 12.2. The van der Waals surface area contributed by atoms with Gasteiger partial charge in [0.1, 0.15) is 35.4 Å². The molecule has 0 unspecified atom stereocenters. The third kappa shape index (κ3) is 2.81. The van der Waals surface area contributed by atoms with E-state index in [-0.39, 0.29) is 38.5 Å². The first-order valence-corrected chi connectivity index (χ1v) is 6.21. The van der Waals surface area contributed by atoms with Crippen LogP contribution in [0.3, 0.4) is 0 Å². The molecule has 0 amide bonds. The summed E-state index contributed by atoms with van der Waals surface area (Å²) >= 11 is 0. The normalized spacial score (nSPS) is 10.0. The smallest absolute Gasteiger partial charge is 0.263 e. The SMILES string of the molecule is N#Cc1cccc(N=[N+]([O-])c2cccc(C#N)c2C#N)c1C#N. The van der Waals surface area contributed by atoms with Crippen LogP contribution in [0.25, 0.3) is 0 Å². The molecular formula is C16H6N6O. The van der Waals surface area contributed by atoms with Crippen LogP contribution < -0.4 is 0 Å². The second-order valence-corrected chi connectivity index (χ2v) is 4.22. The second kappa shape index (κ2) is 6.50.